The summed E-state index contributed by atoms with van der Waals surface area (Å²) in [4.78, 5) is 19.4. The first-order valence-corrected chi connectivity index (χ1v) is 8.51. The topological polar surface area (TPSA) is 88.0 Å². The average molecular weight is 358 g/mol. The second kappa shape index (κ2) is 6.87. The molecule has 4 rings (SSSR count). The third kappa shape index (κ3) is 3.22. The van der Waals surface area contributed by atoms with Crippen LogP contribution in [0.5, 0.6) is 0 Å². The summed E-state index contributed by atoms with van der Waals surface area (Å²) in [5.74, 6) is -0.284. The summed E-state index contributed by atoms with van der Waals surface area (Å²) in [5.41, 5.74) is 8.35. The van der Waals surface area contributed by atoms with E-state index in [-0.39, 0.29) is 5.91 Å². The number of carbonyl (C=O) groups is 1. The van der Waals surface area contributed by atoms with Crippen molar-refractivity contribution in [2.45, 2.75) is 13.8 Å². The van der Waals surface area contributed by atoms with Crippen molar-refractivity contribution in [3.63, 3.8) is 0 Å². The fourth-order valence-electron chi connectivity index (χ4n) is 2.96. The number of para-hydroxylation sites is 1. The second-order valence-corrected chi connectivity index (χ2v) is 6.17. The Morgan fingerprint density at radius 3 is 2.81 bits per heavy atom. The molecule has 0 fully saturated rings. The van der Waals surface area contributed by atoms with Crippen molar-refractivity contribution < 1.29 is 4.79 Å². The van der Waals surface area contributed by atoms with Crippen molar-refractivity contribution in [1.29, 1.82) is 0 Å². The van der Waals surface area contributed by atoms with Crippen LogP contribution in [0.4, 0.5) is 0 Å². The summed E-state index contributed by atoms with van der Waals surface area (Å²) in [7, 11) is 0. The minimum atomic E-state index is -0.284. The molecule has 2 heterocycles. The summed E-state index contributed by atoms with van der Waals surface area (Å²) in [6.45, 7) is 3.89. The van der Waals surface area contributed by atoms with Gasteiger partial charge in [0.15, 0.2) is 0 Å². The van der Waals surface area contributed by atoms with Gasteiger partial charge in [0.1, 0.15) is 0 Å². The summed E-state index contributed by atoms with van der Waals surface area (Å²) in [5, 5.41) is 8.68. The van der Waals surface area contributed by atoms with Crippen LogP contribution >= 0.6 is 0 Å². The van der Waals surface area contributed by atoms with Crippen LogP contribution in [0, 0.1) is 13.8 Å². The molecule has 4 aromatic rings. The zero-order valence-corrected chi connectivity index (χ0v) is 15.0. The van der Waals surface area contributed by atoms with E-state index in [1.807, 2.05) is 48.9 Å². The van der Waals surface area contributed by atoms with Crippen LogP contribution in [-0.4, -0.2) is 31.9 Å². The molecule has 0 atom stereocenters. The standard InChI is InChI=1S/C20H18N6O/c1-13-17(14(2)26(25-13)16-6-4-3-5-7-16)11-23-24-20(27)15-8-9-18-19(10-15)22-12-21-18/h3-12H,1-2H3,(H,21,22)(H,24,27). The van der Waals surface area contributed by atoms with Gasteiger partial charge in [-0.15, -0.1) is 0 Å². The van der Waals surface area contributed by atoms with E-state index in [1.165, 1.54) is 0 Å². The average Bonchev–Trinajstić information content (AvgIpc) is 3.27. The summed E-state index contributed by atoms with van der Waals surface area (Å²) in [6, 6.07) is 15.2. The highest BCUT2D eigenvalue weighted by atomic mass is 16.2. The lowest BCUT2D eigenvalue weighted by Crippen LogP contribution is -2.17. The number of imidazole rings is 1. The SMILES string of the molecule is Cc1nn(-c2ccccc2)c(C)c1C=NNC(=O)c1ccc2nc[nH]c2c1. The molecule has 0 saturated heterocycles. The molecule has 2 N–H and O–H groups in total. The van der Waals surface area contributed by atoms with Gasteiger partial charge in [0, 0.05) is 11.1 Å². The third-order valence-electron chi connectivity index (χ3n) is 4.39. The first-order valence-electron chi connectivity index (χ1n) is 8.51. The van der Waals surface area contributed by atoms with Crippen molar-refractivity contribution in [2.75, 3.05) is 0 Å². The van der Waals surface area contributed by atoms with E-state index in [2.05, 4.69) is 25.6 Å². The fourth-order valence-corrected chi connectivity index (χ4v) is 2.96. The van der Waals surface area contributed by atoms with E-state index < -0.39 is 0 Å². The van der Waals surface area contributed by atoms with Crippen molar-refractivity contribution in [3.8, 4) is 5.69 Å². The minimum Gasteiger partial charge on any atom is -0.345 e. The van der Waals surface area contributed by atoms with Gasteiger partial charge in [-0.2, -0.15) is 10.2 Å². The number of hydrazone groups is 1. The van der Waals surface area contributed by atoms with Crippen LogP contribution < -0.4 is 5.43 Å². The number of hydrogen-bond donors (Lipinski definition) is 2. The molecule has 27 heavy (non-hydrogen) atoms. The molecule has 1 amide bonds. The van der Waals surface area contributed by atoms with Crippen LogP contribution in [0.15, 0.2) is 60.0 Å². The smallest absolute Gasteiger partial charge is 0.271 e. The lowest BCUT2D eigenvalue weighted by molar-refractivity contribution is 0.0955. The molecular weight excluding hydrogens is 340 g/mol. The van der Waals surface area contributed by atoms with Gasteiger partial charge in [-0.1, -0.05) is 18.2 Å². The largest absolute Gasteiger partial charge is 0.345 e. The van der Waals surface area contributed by atoms with Crippen LogP contribution in [-0.2, 0) is 0 Å². The molecule has 0 aliphatic heterocycles. The Hall–Kier alpha value is -3.74. The Morgan fingerprint density at radius 1 is 1.19 bits per heavy atom. The van der Waals surface area contributed by atoms with Gasteiger partial charge >= 0.3 is 0 Å². The fraction of sp³-hybridized carbons (Fsp3) is 0.100. The number of amides is 1. The maximum Gasteiger partial charge on any atom is 0.271 e. The number of nitrogens with zero attached hydrogens (tertiary/aromatic N) is 4. The number of rotatable bonds is 4. The van der Waals surface area contributed by atoms with Gasteiger partial charge < -0.3 is 4.98 Å². The molecule has 0 aliphatic carbocycles. The molecular formula is C20H18N6O. The highest BCUT2D eigenvalue weighted by molar-refractivity contribution is 5.97. The number of benzene rings is 2. The lowest BCUT2D eigenvalue weighted by Gasteiger charge is -2.03. The molecule has 0 bridgehead atoms. The molecule has 2 aromatic carbocycles. The summed E-state index contributed by atoms with van der Waals surface area (Å²) < 4.78 is 1.87. The predicted octanol–water partition coefficient (Wildman–Crippen LogP) is 3.13. The number of fused-ring (bicyclic) bond motifs is 1. The third-order valence-corrected chi connectivity index (χ3v) is 4.39. The van der Waals surface area contributed by atoms with Gasteiger partial charge in [0.2, 0.25) is 0 Å². The van der Waals surface area contributed by atoms with Gasteiger partial charge in [-0.3, -0.25) is 4.79 Å². The number of aromatic amines is 1. The Labute approximate surface area is 155 Å². The van der Waals surface area contributed by atoms with E-state index in [0.29, 0.717) is 5.56 Å². The molecule has 0 unspecified atom stereocenters. The molecule has 0 saturated carbocycles. The van der Waals surface area contributed by atoms with E-state index in [1.54, 1.807) is 30.7 Å². The van der Waals surface area contributed by atoms with Gasteiger partial charge in [-0.25, -0.2) is 15.1 Å². The number of H-pyrrole nitrogens is 1. The van der Waals surface area contributed by atoms with Crippen LogP contribution in [0.3, 0.4) is 0 Å². The molecule has 134 valence electrons. The number of aryl methyl sites for hydroxylation is 1. The summed E-state index contributed by atoms with van der Waals surface area (Å²) in [6.07, 6.45) is 3.23. The lowest BCUT2D eigenvalue weighted by atomic mass is 10.2. The predicted molar refractivity (Wildman–Crippen MR) is 104 cm³/mol. The zero-order valence-electron chi connectivity index (χ0n) is 15.0. The number of nitrogens with one attached hydrogen (secondary N) is 2. The Kier molecular flexibility index (Phi) is 4.25. The molecule has 0 spiro atoms. The Bertz CT molecular complexity index is 1140. The monoisotopic (exact) mass is 358 g/mol. The second-order valence-electron chi connectivity index (χ2n) is 6.17. The number of aromatic nitrogens is 4. The minimum absolute atomic E-state index is 0.284. The first kappa shape index (κ1) is 16.7. The molecule has 7 heteroatoms. The van der Waals surface area contributed by atoms with E-state index in [0.717, 1.165) is 33.7 Å². The van der Waals surface area contributed by atoms with Crippen molar-refractivity contribution >= 4 is 23.2 Å². The van der Waals surface area contributed by atoms with Crippen molar-refractivity contribution in [3.05, 3.63) is 77.4 Å². The Balaban J connectivity index is 1.53. The Morgan fingerprint density at radius 2 is 2.00 bits per heavy atom. The van der Waals surface area contributed by atoms with Gasteiger partial charge in [-0.05, 0) is 44.2 Å². The quantitative estimate of drug-likeness (QED) is 0.434. The van der Waals surface area contributed by atoms with Crippen LogP contribution in [0.2, 0.25) is 0 Å². The number of carbonyl (C=O) groups excluding carboxylic acids is 1. The first-order chi connectivity index (χ1) is 13.1. The zero-order chi connectivity index (χ0) is 18.8. The van der Waals surface area contributed by atoms with Crippen molar-refractivity contribution in [2.24, 2.45) is 5.10 Å². The maximum absolute atomic E-state index is 12.3. The highest BCUT2D eigenvalue weighted by Crippen LogP contribution is 2.16. The molecule has 7 nitrogen and oxygen atoms in total. The van der Waals surface area contributed by atoms with Crippen LogP contribution in [0.25, 0.3) is 16.7 Å². The van der Waals surface area contributed by atoms with E-state index >= 15 is 0 Å². The van der Waals surface area contributed by atoms with E-state index in [4.69, 9.17) is 0 Å². The molecule has 0 aliphatic rings. The molecule has 0 radical (unpaired) electrons. The maximum atomic E-state index is 12.3. The molecule has 2 aromatic heterocycles. The van der Waals surface area contributed by atoms with Gasteiger partial charge in [0.25, 0.3) is 5.91 Å². The number of hydrogen-bond acceptors (Lipinski definition) is 4. The summed E-state index contributed by atoms with van der Waals surface area (Å²) >= 11 is 0. The van der Waals surface area contributed by atoms with Gasteiger partial charge in [0.05, 0.1) is 40.7 Å². The van der Waals surface area contributed by atoms with Crippen LogP contribution in [0.1, 0.15) is 27.3 Å². The van der Waals surface area contributed by atoms with Crippen molar-refractivity contribution in [1.82, 2.24) is 25.2 Å². The normalized spacial score (nSPS) is 11.3. The van der Waals surface area contributed by atoms with E-state index in [9.17, 15) is 4.79 Å². The highest BCUT2D eigenvalue weighted by Gasteiger charge is 2.11.